The predicted molar refractivity (Wildman–Crippen MR) is 93.3 cm³/mol. The molecule has 26 heavy (non-hydrogen) atoms. The van der Waals surface area contributed by atoms with E-state index in [1.54, 1.807) is 18.2 Å². The maximum absolute atomic E-state index is 12.8. The van der Waals surface area contributed by atoms with Gasteiger partial charge in [-0.05, 0) is 55.3 Å². The van der Waals surface area contributed by atoms with Crippen molar-refractivity contribution in [3.05, 3.63) is 63.7 Å². The van der Waals surface area contributed by atoms with Crippen LogP contribution in [0.25, 0.3) is 0 Å². The molecule has 0 radical (unpaired) electrons. The average Bonchev–Trinajstić information content (AvgIpc) is 2.56. The topological polar surface area (TPSA) is 58.2 Å². The number of carbonyl (C=O) groups is 2. The van der Waals surface area contributed by atoms with Crippen molar-refractivity contribution in [2.75, 3.05) is 11.9 Å². The van der Waals surface area contributed by atoms with Crippen molar-refractivity contribution in [3.8, 4) is 0 Å². The maximum atomic E-state index is 12.8. The van der Waals surface area contributed by atoms with Gasteiger partial charge in [0.05, 0.1) is 17.1 Å². The summed E-state index contributed by atoms with van der Waals surface area (Å²) >= 11 is 5.52. The van der Waals surface area contributed by atoms with Gasteiger partial charge in [-0.2, -0.15) is 13.2 Å². The number of carbonyl (C=O) groups excluding carboxylic acids is 2. The maximum Gasteiger partial charge on any atom is 0.417 e. The molecule has 2 N–H and O–H groups in total. The Morgan fingerprint density at radius 2 is 1.73 bits per heavy atom. The van der Waals surface area contributed by atoms with Gasteiger partial charge in [0.25, 0.3) is 5.91 Å². The van der Waals surface area contributed by atoms with E-state index in [2.05, 4.69) is 10.6 Å². The molecule has 2 aromatic carbocycles. The molecule has 2 rings (SSSR count). The lowest BCUT2D eigenvalue weighted by Gasteiger charge is -2.12. The van der Waals surface area contributed by atoms with Crippen molar-refractivity contribution >= 4 is 29.1 Å². The fourth-order valence-corrected chi connectivity index (χ4v) is 2.40. The first-order chi connectivity index (χ1) is 12.1. The van der Waals surface area contributed by atoms with Crippen LogP contribution in [0.1, 0.15) is 27.0 Å². The van der Waals surface area contributed by atoms with Gasteiger partial charge >= 0.3 is 6.18 Å². The molecule has 0 heterocycles. The Kier molecular flexibility index (Phi) is 5.92. The molecule has 2 aromatic rings. The van der Waals surface area contributed by atoms with Crippen molar-refractivity contribution in [1.82, 2.24) is 5.32 Å². The van der Waals surface area contributed by atoms with Crippen LogP contribution in [0.5, 0.6) is 0 Å². The molecule has 2 amide bonds. The van der Waals surface area contributed by atoms with E-state index >= 15 is 0 Å². The molecule has 8 heteroatoms. The summed E-state index contributed by atoms with van der Waals surface area (Å²) in [4.78, 5) is 23.9. The van der Waals surface area contributed by atoms with Crippen LogP contribution in [0.3, 0.4) is 0 Å². The minimum Gasteiger partial charge on any atom is -0.343 e. The summed E-state index contributed by atoms with van der Waals surface area (Å²) in [5, 5.41) is 4.26. The third-order valence-electron chi connectivity index (χ3n) is 3.73. The van der Waals surface area contributed by atoms with Crippen molar-refractivity contribution in [2.24, 2.45) is 0 Å². The van der Waals surface area contributed by atoms with Gasteiger partial charge in [0.15, 0.2) is 0 Å². The molecule has 0 spiro atoms. The van der Waals surface area contributed by atoms with Crippen molar-refractivity contribution in [1.29, 1.82) is 0 Å². The first-order valence-electron chi connectivity index (χ1n) is 7.60. The number of halogens is 4. The molecular weight excluding hydrogens is 369 g/mol. The summed E-state index contributed by atoms with van der Waals surface area (Å²) in [5.74, 6) is -1.10. The van der Waals surface area contributed by atoms with Crippen LogP contribution in [0, 0.1) is 13.8 Å². The zero-order valence-electron chi connectivity index (χ0n) is 14.0. The Balaban J connectivity index is 1.99. The Hall–Kier alpha value is -2.54. The summed E-state index contributed by atoms with van der Waals surface area (Å²) < 4.78 is 38.4. The van der Waals surface area contributed by atoms with Crippen molar-refractivity contribution < 1.29 is 22.8 Å². The Labute approximate surface area is 153 Å². The number of hydrogen-bond acceptors (Lipinski definition) is 2. The predicted octanol–water partition coefficient (Wildman–Crippen LogP) is 4.34. The molecule has 0 aromatic heterocycles. The number of anilines is 1. The van der Waals surface area contributed by atoms with Crippen molar-refractivity contribution in [3.63, 3.8) is 0 Å². The third kappa shape index (κ3) is 4.98. The molecule has 0 aliphatic carbocycles. The number of alkyl halides is 3. The van der Waals surface area contributed by atoms with Crippen molar-refractivity contribution in [2.45, 2.75) is 20.0 Å². The van der Waals surface area contributed by atoms with Gasteiger partial charge < -0.3 is 10.6 Å². The minimum atomic E-state index is -4.63. The van der Waals surface area contributed by atoms with E-state index in [0.29, 0.717) is 5.56 Å². The van der Waals surface area contributed by atoms with Crippen LogP contribution in [-0.2, 0) is 11.0 Å². The van der Waals surface area contributed by atoms with E-state index < -0.39 is 28.6 Å². The van der Waals surface area contributed by atoms with E-state index in [4.69, 9.17) is 11.6 Å². The molecule has 0 unspecified atom stereocenters. The van der Waals surface area contributed by atoms with Gasteiger partial charge in [0, 0.05) is 11.3 Å². The molecule has 0 saturated carbocycles. The number of hydrogen-bond donors (Lipinski definition) is 2. The zero-order valence-corrected chi connectivity index (χ0v) is 14.8. The van der Waals surface area contributed by atoms with E-state index in [-0.39, 0.29) is 12.2 Å². The van der Waals surface area contributed by atoms with E-state index in [1.165, 1.54) is 6.07 Å². The van der Waals surface area contributed by atoms with E-state index in [1.807, 2.05) is 13.8 Å². The average molecular weight is 385 g/mol. The van der Waals surface area contributed by atoms with Gasteiger partial charge in [-0.3, -0.25) is 9.59 Å². The summed E-state index contributed by atoms with van der Waals surface area (Å²) in [5.41, 5.74) is 1.25. The van der Waals surface area contributed by atoms with E-state index in [9.17, 15) is 22.8 Å². The van der Waals surface area contributed by atoms with Gasteiger partial charge in [-0.1, -0.05) is 17.7 Å². The van der Waals surface area contributed by atoms with Crippen LogP contribution in [-0.4, -0.2) is 18.4 Å². The second kappa shape index (κ2) is 7.78. The molecule has 0 aliphatic heterocycles. The van der Waals surface area contributed by atoms with Gasteiger partial charge in [-0.15, -0.1) is 0 Å². The highest BCUT2D eigenvalue weighted by Gasteiger charge is 2.33. The standard InChI is InChI=1S/C18H16ClF3N2O2/c1-10-3-4-12(7-11(10)2)17(26)23-9-16(25)24-13-5-6-15(19)14(8-13)18(20,21)22/h3-8H,9H2,1-2H3,(H,23,26)(H,24,25). The normalized spacial score (nSPS) is 11.2. The highest BCUT2D eigenvalue weighted by Crippen LogP contribution is 2.36. The molecular formula is C18H16ClF3N2O2. The second-order valence-corrected chi connectivity index (χ2v) is 6.13. The minimum absolute atomic E-state index is 0.0628. The highest BCUT2D eigenvalue weighted by molar-refractivity contribution is 6.31. The molecule has 4 nitrogen and oxygen atoms in total. The lowest BCUT2D eigenvalue weighted by Crippen LogP contribution is -2.33. The number of rotatable bonds is 4. The number of benzene rings is 2. The SMILES string of the molecule is Cc1ccc(C(=O)NCC(=O)Nc2ccc(Cl)c(C(F)(F)F)c2)cc1C. The molecule has 0 fully saturated rings. The Morgan fingerprint density at radius 1 is 1.04 bits per heavy atom. The number of nitrogens with one attached hydrogen (secondary N) is 2. The third-order valence-corrected chi connectivity index (χ3v) is 4.06. The Morgan fingerprint density at radius 3 is 2.35 bits per heavy atom. The van der Waals surface area contributed by atoms with Crippen LogP contribution in [0.15, 0.2) is 36.4 Å². The van der Waals surface area contributed by atoms with Gasteiger partial charge in [-0.25, -0.2) is 0 Å². The fourth-order valence-electron chi connectivity index (χ4n) is 2.17. The van der Waals surface area contributed by atoms with Gasteiger partial charge in [0.1, 0.15) is 0 Å². The van der Waals surface area contributed by atoms with Crippen LogP contribution < -0.4 is 10.6 Å². The summed E-state index contributed by atoms with van der Waals surface area (Å²) in [6.45, 7) is 3.39. The first-order valence-corrected chi connectivity index (χ1v) is 7.98. The molecule has 0 saturated heterocycles. The molecule has 0 bridgehead atoms. The monoisotopic (exact) mass is 384 g/mol. The summed E-state index contributed by atoms with van der Waals surface area (Å²) in [7, 11) is 0. The smallest absolute Gasteiger partial charge is 0.343 e. The largest absolute Gasteiger partial charge is 0.417 e. The summed E-state index contributed by atoms with van der Waals surface area (Å²) in [6, 6.07) is 8.15. The van der Waals surface area contributed by atoms with Crippen LogP contribution in [0.2, 0.25) is 5.02 Å². The second-order valence-electron chi connectivity index (χ2n) is 5.72. The molecule has 0 aliphatic rings. The lowest BCUT2D eigenvalue weighted by molar-refractivity contribution is -0.137. The molecule has 138 valence electrons. The Bertz CT molecular complexity index is 851. The quantitative estimate of drug-likeness (QED) is 0.823. The van der Waals surface area contributed by atoms with Gasteiger partial charge in [0.2, 0.25) is 5.91 Å². The molecule has 0 atom stereocenters. The highest BCUT2D eigenvalue weighted by atomic mass is 35.5. The lowest BCUT2D eigenvalue weighted by atomic mass is 10.1. The van der Waals surface area contributed by atoms with Crippen LogP contribution >= 0.6 is 11.6 Å². The van der Waals surface area contributed by atoms with Crippen LogP contribution in [0.4, 0.5) is 18.9 Å². The summed E-state index contributed by atoms with van der Waals surface area (Å²) in [6.07, 6.45) is -4.63. The first kappa shape index (κ1) is 19.8. The van der Waals surface area contributed by atoms with E-state index in [0.717, 1.165) is 23.3 Å². The number of aryl methyl sites for hydroxylation is 2. The number of amides is 2. The zero-order chi connectivity index (χ0) is 19.5. The fraction of sp³-hybridized carbons (Fsp3) is 0.222.